The molecule has 4 nitrogen and oxygen atoms in total. The van der Waals surface area contributed by atoms with Gasteiger partial charge in [0, 0.05) is 19.1 Å². The predicted molar refractivity (Wildman–Crippen MR) is 76.1 cm³/mol. The summed E-state index contributed by atoms with van der Waals surface area (Å²) in [4.78, 5) is 11.4. The molecule has 0 bridgehead atoms. The van der Waals surface area contributed by atoms with Crippen LogP contribution in [-0.4, -0.2) is 29.1 Å². The second kappa shape index (κ2) is 6.57. The number of piperidine rings is 1. The van der Waals surface area contributed by atoms with E-state index in [1.165, 1.54) is 25.7 Å². The molecule has 1 atom stereocenters. The monoisotopic (exact) mass is 248 g/mol. The number of nitrogens with one attached hydrogen (secondary N) is 1. The molecule has 100 valence electrons. The summed E-state index contributed by atoms with van der Waals surface area (Å²) in [5.74, 6) is 1.93. The van der Waals surface area contributed by atoms with Gasteiger partial charge < -0.3 is 10.2 Å². The Labute approximate surface area is 110 Å². The van der Waals surface area contributed by atoms with Crippen molar-refractivity contribution in [2.24, 2.45) is 0 Å². The fourth-order valence-electron chi connectivity index (χ4n) is 2.56. The van der Waals surface area contributed by atoms with Crippen molar-refractivity contribution >= 4 is 11.6 Å². The highest BCUT2D eigenvalue weighted by atomic mass is 15.2. The molecule has 0 saturated carbocycles. The van der Waals surface area contributed by atoms with Gasteiger partial charge in [-0.25, -0.2) is 4.98 Å². The molecule has 1 unspecified atom stereocenters. The van der Waals surface area contributed by atoms with E-state index in [1.54, 1.807) is 0 Å². The zero-order valence-electron chi connectivity index (χ0n) is 11.5. The van der Waals surface area contributed by atoms with Gasteiger partial charge in [0.25, 0.3) is 0 Å². The van der Waals surface area contributed by atoms with Crippen molar-refractivity contribution in [3.05, 3.63) is 12.4 Å². The standard InChI is InChI=1S/C14H24N4/c1-3-8-16-13-10-15-11-14(17-13)18-9-6-5-7-12(18)4-2/h10-12H,3-9H2,1-2H3,(H,16,17). The third kappa shape index (κ3) is 3.12. The van der Waals surface area contributed by atoms with Crippen LogP contribution in [-0.2, 0) is 0 Å². The number of hydrogen-bond acceptors (Lipinski definition) is 4. The Kier molecular flexibility index (Phi) is 4.79. The van der Waals surface area contributed by atoms with E-state index in [0.717, 1.165) is 31.1 Å². The molecule has 2 rings (SSSR count). The van der Waals surface area contributed by atoms with Crippen molar-refractivity contribution in [2.45, 2.75) is 52.0 Å². The first kappa shape index (κ1) is 13.1. The summed E-state index contributed by atoms with van der Waals surface area (Å²) in [5.41, 5.74) is 0. The van der Waals surface area contributed by atoms with Crippen molar-refractivity contribution in [3.63, 3.8) is 0 Å². The lowest BCUT2D eigenvalue weighted by Crippen LogP contribution is -2.39. The van der Waals surface area contributed by atoms with Gasteiger partial charge in [0.2, 0.25) is 0 Å². The summed E-state index contributed by atoms with van der Waals surface area (Å²) >= 11 is 0. The minimum absolute atomic E-state index is 0.634. The van der Waals surface area contributed by atoms with Gasteiger partial charge in [0.1, 0.15) is 11.6 Å². The highest BCUT2D eigenvalue weighted by Gasteiger charge is 2.22. The normalized spacial score (nSPS) is 19.9. The van der Waals surface area contributed by atoms with E-state index in [4.69, 9.17) is 0 Å². The lowest BCUT2D eigenvalue weighted by atomic mass is 10.0. The van der Waals surface area contributed by atoms with E-state index < -0.39 is 0 Å². The SMILES string of the molecule is CCCNc1cncc(N2CCCCC2CC)n1. The van der Waals surface area contributed by atoms with Crippen molar-refractivity contribution < 1.29 is 0 Å². The van der Waals surface area contributed by atoms with Gasteiger partial charge in [-0.05, 0) is 32.1 Å². The molecule has 1 aliphatic heterocycles. The number of nitrogens with zero attached hydrogens (tertiary/aromatic N) is 3. The molecular weight excluding hydrogens is 224 g/mol. The number of rotatable bonds is 5. The lowest BCUT2D eigenvalue weighted by Gasteiger charge is -2.36. The molecule has 1 aliphatic rings. The molecular formula is C14H24N4. The summed E-state index contributed by atoms with van der Waals surface area (Å²) in [6.45, 7) is 6.48. The van der Waals surface area contributed by atoms with Gasteiger partial charge in [-0.1, -0.05) is 13.8 Å². The summed E-state index contributed by atoms with van der Waals surface area (Å²) in [6, 6.07) is 0.634. The first-order valence-electron chi connectivity index (χ1n) is 7.17. The van der Waals surface area contributed by atoms with Crippen molar-refractivity contribution in [3.8, 4) is 0 Å². The van der Waals surface area contributed by atoms with E-state index in [2.05, 4.69) is 34.0 Å². The van der Waals surface area contributed by atoms with E-state index in [9.17, 15) is 0 Å². The van der Waals surface area contributed by atoms with Crippen LogP contribution >= 0.6 is 0 Å². The summed E-state index contributed by atoms with van der Waals surface area (Å²) in [6.07, 6.45) is 9.89. The van der Waals surface area contributed by atoms with Crippen LogP contribution in [0.5, 0.6) is 0 Å². The Morgan fingerprint density at radius 2 is 2.22 bits per heavy atom. The van der Waals surface area contributed by atoms with E-state index in [1.807, 2.05) is 12.4 Å². The fraction of sp³-hybridized carbons (Fsp3) is 0.714. The van der Waals surface area contributed by atoms with Crippen molar-refractivity contribution in [1.29, 1.82) is 0 Å². The molecule has 1 N–H and O–H groups in total. The fourth-order valence-corrected chi connectivity index (χ4v) is 2.56. The molecule has 2 heterocycles. The Morgan fingerprint density at radius 1 is 1.33 bits per heavy atom. The molecule has 1 saturated heterocycles. The van der Waals surface area contributed by atoms with Crippen molar-refractivity contribution in [2.75, 3.05) is 23.3 Å². The van der Waals surface area contributed by atoms with E-state index >= 15 is 0 Å². The second-order valence-corrected chi connectivity index (χ2v) is 4.94. The summed E-state index contributed by atoms with van der Waals surface area (Å²) in [5, 5.41) is 3.31. The Bertz CT molecular complexity index is 367. The number of hydrogen-bond donors (Lipinski definition) is 1. The van der Waals surface area contributed by atoms with Crippen LogP contribution in [0, 0.1) is 0 Å². The van der Waals surface area contributed by atoms with Crippen LogP contribution in [0.1, 0.15) is 46.0 Å². The maximum Gasteiger partial charge on any atom is 0.149 e. The molecule has 0 aromatic carbocycles. The molecule has 1 fully saturated rings. The van der Waals surface area contributed by atoms with Crippen molar-refractivity contribution in [1.82, 2.24) is 9.97 Å². The van der Waals surface area contributed by atoms with Gasteiger partial charge in [-0.3, -0.25) is 4.98 Å². The molecule has 4 heteroatoms. The van der Waals surface area contributed by atoms with Crippen LogP contribution in [0.15, 0.2) is 12.4 Å². The van der Waals surface area contributed by atoms with Crippen LogP contribution in [0.3, 0.4) is 0 Å². The van der Waals surface area contributed by atoms with E-state index in [0.29, 0.717) is 6.04 Å². The Morgan fingerprint density at radius 3 is 3.00 bits per heavy atom. The van der Waals surface area contributed by atoms with E-state index in [-0.39, 0.29) is 0 Å². The quantitative estimate of drug-likeness (QED) is 0.869. The topological polar surface area (TPSA) is 41.1 Å². The highest BCUT2D eigenvalue weighted by Crippen LogP contribution is 2.25. The van der Waals surface area contributed by atoms with Gasteiger partial charge in [0.15, 0.2) is 0 Å². The third-order valence-electron chi connectivity index (χ3n) is 3.57. The molecule has 0 amide bonds. The maximum atomic E-state index is 4.68. The Hall–Kier alpha value is -1.32. The number of aromatic nitrogens is 2. The zero-order valence-corrected chi connectivity index (χ0v) is 11.5. The van der Waals surface area contributed by atoms with Gasteiger partial charge in [-0.15, -0.1) is 0 Å². The minimum atomic E-state index is 0.634. The molecule has 1 aromatic heterocycles. The van der Waals surface area contributed by atoms with Gasteiger partial charge in [-0.2, -0.15) is 0 Å². The first-order chi connectivity index (χ1) is 8.85. The number of anilines is 2. The van der Waals surface area contributed by atoms with Gasteiger partial charge in [0.05, 0.1) is 12.4 Å². The summed E-state index contributed by atoms with van der Waals surface area (Å²) < 4.78 is 0. The zero-order chi connectivity index (χ0) is 12.8. The summed E-state index contributed by atoms with van der Waals surface area (Å²) in [7, 11) is 0. The second-order valence-electron chi connectivity index (χ2n) is 4.94. The highest BCUT2D eigenvalue weighted by molar-refractivity contribution is 5.45. The van der Waals surface area contributed by atoms with Gasteiger partial charge >= 0.3 is 0 Å². The van der Waals surface area contributed by atoms with Crippen LogP contribution in [0.25, 0.3) is 0 Å². The molecule has 0 aliphatic carbocycles. The molecule has 0 spiro atoms. The maximum absolute atomic E-state index is 4.68. The van der Waals surface area contributed by atoms with Crippen LogP contribution < -0.4 is 10.2 Å². The largest absolute Gasteiger partial charge is 0.369 e. The Balaban J connectivity index is 2.10. The molecule has 18 heavy (non-hydrogen) atoms. The smallest absolute Gasteiger partial charge is 0.149 e. The third-order valence-corrected chi connectivity index (χ3v) is 3.57. The predicted octanol–water partition coefficient (Wildman–Crippen LogP) is 3.07. The first-order valence-corrected chi connectivity index (χ1v) is 7.17. The minimum Gasteiger partial charge on any atom is -0.369 e. The van der Waals surface area contributed by atoms with Crippen LogP contribution in [0.4, 0.5) is 11.6 Å². The average Bonchev–Trinajstić information content (AvgIpc) is 2.45. The average molecular weight is 248 g/mol. The lowest BCUT2D eigenvalue weighted by molar-refractivity contribution is 0.446. The molecule has 1 aromatic rings. The van der Waals surface area contributed by atoms with Crippen LogP contribution in [0.2, 0.25) is 0 Å². The molecule has 0 radical (unpaired) electrons.